The summed E-state index contributed by atoms with van der Waals surface area (Å²) in [5.41, 5.74) is 8.56. The summed E-state index contributed by atoms with van der Waals surface area (Å²) in [5, 5.41) is 0. The first-order chi connectivity index (χ1) is 10.1. The van der Waals surface area contributed by atoms with Gasteiger partial charge in [-0.05, 0) is 48.7 Å². The fraction of sp³-hybridized carbons (Fsp3) is 0.294. The van der Waals surface area contributed by atoms with E-state index in [1.165, 1.54) is 16.0 Å². The second-order valence-corrected chi connectivity index (χ2v) is 6.87. The SMILES string of the molecule is CSc1ccc(C(CN)N(C)Cc2cccc(Br)c2)cc1. The van der Waals surface area contributed by atoms with Crippen LogP contribution >= 0.6 is 27.7 Å². The van der Waals surface area contributed by atoms with E-state index >= 15 is 0 Å². The molecule has 4 heteroatoms. The minimum absolute atomic E-state index is 0.236. The van der Waals surface area contributed by atoms with E-state index in [2.05, 4.69) is 76.6 Å². The van der Waals surface area contributed by atoms with Gasteiger partial charge in [-0.3, -0.25) is 4.90 Å². The number of rotatable bonds is 6. The van der Waals surface area contributed by atoms with Crippen LogP contribution in [0.2, 0.25) is 0 Å². The van der Waals surface area contributed by atoms with Gasteiger partial charge in [-0.1, -0.05) is 40.2 Å². The lowest BCUT2D eigenvalue weighted by Crippen LogP contribution is -2.30. The van der Waals surface area contributed by atoms with Crippen molar-refractivity contribution in [1.82, 2.24) is 4.90 Å². The summed E-state index contributed by atoms with van der Waals surface area (Å²) in [5.74, 6) is 0. The summed E-state index contributed by atoms with van der Waals surface area (Å²) in [4.78, 5) is 3.58. The van der Waals surface area contributed by atoms with E-state index in [1.54, 1.807) is 11.8 Å². The molecule has 0 saturated heterocycles. The molecule has 0 aliphatic carbocycles. The van der Waals surface area contributed by atoms with Gasteiger partial charge in [-0.15, -0.1) is 11.8 Å². The van der Waals surface area contributed by atoms with E-state index in [9.17, 15) is 0 Å². The Bertz CT molecular complexity index is 571. The number of thioether (sulfide) groups is 1. The normalized spacial score (nSPS) is 12.6. The third-order valence-electron chi connectivity index (χ3n) is 3.58. The molecule has 1 unspecified atom stereocenters. The van der Waals surface area contributed by atoms with Gasteiger partial charge in [0.1, 0.15) is 0 Å². The number of hydrogen-bond donors (Lipinski definition) is 1. The van der Waals surface area contributed by atoms with Gasteiger partial charge < -0.3 is 5.73 Å². The molecule has 2 rings (SSSR count). The van der Waals surface area contributed by atoms with E-state index in [0.717, 1.165) is 11.0 Å². The quantitative estimate of drug-likeness (QED) is 0.774. The maximum Gasteiger partial charge on any atom is 0.0470 e. The molecule has 0 amide bonds. The van der Waals surface area contributed by atoms with Crippen LogP contribution in [-0.2, 0) is 6.54 Å². The van der Waals surface area contributed by atoms with Gasteiger partial charge in [0.25, 0.3) is 0 Å². The van der Waals surface area contributed by atoms with Crippen molar-refractivity contribution in [3.8, 4) is 0 Å². The number of halogens is 1. The molecule has 0 heterocycles. The topological polar surface area (TPSA) is 29.3 Å². The Morgan fingerprint density at radius 1 is 1.19 bits per heavy atom. The Balaban J connectivity index is 2.12. The predicted octanol–water partition coefficient (Wildman–Crippen LogP) is 4.30. The second-order valence-electron chi connectivity index (χ2n) is 5.07. The van der Waals surface area contributed by atoms with E-state index in [4.69, 9.17) is 5.73 Å². The van der Waals surface area contributed by atoms with E-state index < -0.39 is 0 Å². The highest BCUT2D eigenvalue weighted by molar-refractivity contribution is 9.10. The van der Waals surface area contributed by atoms with Crippen molar-refractivity contribution < 1.29 is 0 Å². The van der Waals surface area contributed by atoms with Crippen molar-refractivity contribution >= 4 is 27.7 Å². The first kappa shape index (κ1) is 16.6. The lowest BCUT2D eigenvalue weighted by atomic mass is 10.1. The van der Waals surface area contributed by atoms with Crippen molar-refractivity contribution in [3.63, 3.8) is 0 Å². The summed E-state index contributed by atoms with van der Waals surface area (Å²) in [6.07, 6.45) is 2.09. The Labute approximate surface area is 139 Å². The van der Waals surface area contributed by atoms with E-state index in [0.29, 0.717) is 6.54 Å². The molecule has 0 aromatic heterocycles. The molecule has 2 N–H and O–H groups in total. The van der Waals surface area contributed by atoms with Crippen LogP contribution in [0.25, 0.3) is 0 Å². The molecule has 21 heavy (non-hydrogen) atoms. The predicted molar refractivity (Wildman–Crippen MR) is 95.6 cm³/mol. The molecule has 112 valence electrons. The van der Waals surface area contributed by atoms with Crippen LogP contribution in [0.3, 0.4) is 0 Å². The Morgan fingerprint density at radius 3 is 2.48 bits per heavy atom. The van der Waals surface area contributed by atoms with Crippen molar-refractivity contribution in [2.24, 2.45) is 5.73 Å². The third-order valence-corrected chi connectivity index (χ3v) is 4.81. The summed E-state index contributed by atoms with van der Waals surface area (Å²) in [6.45, 7) is 1.49. The molecule has 0 aliphatic heterocycles. The number of nitrogens with two attached hydrogens (primary N) is 1. The molecule has 0 saturated carbocycles. The number of benzene rings is 2. The number of likely N-dealkylation sites (N-methyl/N-ethyl adjacent to an activating group) is 1. The maximum absolute atomic E-state index is 6.00. The highest BCUT2D eigenvalue weighted by Crippen LogP contribution is 2.24. The van der Waals surface area contributed by atoms with Gasteiger partial charge in [0.15, 0.2) is 0 Å². The zero-order valence-electron chi connectivity index (χ0n) is 12.4. The van der Waals surface area contributed by atoms with Crippen LogP contribution in [0.5, 0.6) is 0 Å². The van der Waals surface area contributed by atoms with Gasteiger partial charge in [0.05, 0.1) is 0 Å². The van der Waals surface area contributed by atoms with Gasteiger partial charge in [-0.2, -0.15) is 0 Å². The fourth-order valence-electron chi connectivity index (χ4n) is 2.43. The summed E-state index contributed by atoms with van der Waals surface area (Å²) < 4.78 is 1.11. The summed E-state index contributed by atoms with van der Waals surface area (Å²) in [7, 11) is 2.13. The Hall–Kier alpha value is -0.810. The first-order valence-electron chi connectivity index (χ1n) is 6.92. The molecule has 2 nitrogen and oxygen atoms in total. The molecular weight excluding hydrogens is 344 g/mol. The second kappa shape index (κ2) is 7.99. The maximum atomic E-state index is 6.00. The number of nitrogens with zero attached hydrogens (tertiary/aromatic N) is 1. The third kappa shape index (κ3) is 4.58. The van der Waals surface area contributed by atoms with Crippen LogP contribution < -0.4 is 5.73 Å². The smallest absolute Gasteiger partial charge is 0.0470 e. The van der Waals surface area contributed by atoms with E-state index in [1.807, 2.05) is 6.07 Å². The van der Waals surface area contributed by atoms with Crippen LogP contribution in [0.4, 0.5) is 0 Å². The van der Waals surface area contributed by atoms with Crippen LogP contribution in [-0.4, -0.2) is 24.7 Å². The van der Waals surface area contributed by atoms with Crippen molar-refractivity contribution in [3.05, 3.63) is 64.1 Å². The zero-order valence-corrected chi connectivity index (χ0v) is 14.8. The summed E-state index contributed by atoms with van der Waals surface area (Å²) in [6, 6.07) is 17.3. The highest BCUT2D eigenvalue weighted by atomic mass is 79.9. The minimum atomic E-state index is 0.236. The minimum Gasteiger partial charge on any atom is -0.329 e. The molecular formula is C17H21BrN2S. The van der Waals surface area contributed by atoms with Crippen molar-refractivity contribution in [1.29, 1.82) is 0 Å². The molecule has 2 aromatic rings. The molecule has 0 fully saturated rings. The molecule has 0 radical (unpaired) electrons. The molecule has 0 bridgehead atoms. The van der Waals surface area contributed by atoms with Gasteiger partial charge in [0.2, 0.25) is 0 Å². The van der Waals surface area contributed by atoms with Crippen molar-refractivity contribution in [2.45, 2.75) is 17.5 Å². The molecule has 0 spiro atoms. The first-order valence-corrected chi connectivity index (χ1v) is 8.94. The average molecular weight is 365 g/mol. The molecule has 1 atom stereocenters. The summed E-state index contributed by atoms with van der Waals surface area (Å²) >= 11 is 5.28. The van der Waals surface area contributed by atoms with Crippen molar-refractivity contribution in [2.75, 3.05) is 19.8 Å². The molecule has 0 aliphatic rings. The lowest BCUT2D eigenvalue weighted by molar-refractivity contribution is 0.241. The van der Waals surface area contributed by atoms with E-state index in [-0.39, 0.29) is 6.04 Å². The Morgan fingerprint density at radius 2 is 1.90 bits per heavy atom. The van der Waals surface area contributed by atoms with Crippen LogP contribution in [0.1, 0.15) is 17.2 Å². The standard InChI is InChI=1S/C17H21BrN2S/c1-20(12-13-4-3-5-15(18)10-13)17(11-19)14-6-8-16(21-2)9-7-14/h3-10,17H,11-12,19H2,1-2H3. The van der Waals surface area contributed by atoms with Gasteiger partial charge in [0, 0.05) is 28.5 Å². The fourth-order valence-corrected chi connectivity index (χ4v) is 3.28. The van der Waals surface area contributed by atoms with Crippen LogP contribution in [0.15, 0.2) is 57.9 Å². The molecule has 2 aromatic carbocycles. The Kier molecular flexibility index (Phi) is 6.30. The average Bonchev–Trinajstić information content (AvgIpc) is 2.48. The van der Waals surface area contributed by atoms with Gasteiger partial charge in [-0.25, -0.2) is 0 Å². The highest BCUT2D eigenvalue weighted by Gasteiger charge is 2.15. The lowest BCUT2D eigenvalue weighted by Gasteiger charge is -2.27. The zero-order chi connectivity index (χ0) is 15.2. The van der Waals surface area contributed by atoms with Gasteiger partial charge >= 0.3 is 0 Å². The number of hydrogen-bond acceptors (Lipinski definition) is 3. The van der Waals surface area contributed by atoms with Crippen LogP contribution in [0, 0.1) is 0 Å². The monoisotopic (exact) mass is 364 g/mol. The largest absolute Gasteiger partial charge is 0.329 e.